The van der Waals surface area contributed by atoms with Gasteiger partial charge < -0.3 is 9.84 Å². The maximum Gasteiger partial charge on any atom is 0.283 e. The summed E-state index contributed by atoms with van der Waals surface area (Å²) in [6.45, 7) is 4.79. The Balaban J connectivity index is 2.09. The third-order valence-corrected chi connectivity index (χ3v) is 3.47. The van der Waals surface area contributed by atoms with E-state index < -0.39 is 0 Å². The SMILES string of the molecule is CCCCn1ncc(NCc2nc(C)no2)c(Br)c1=O. The Kier molecular flexibility index (Phi) is 4.89. The molecule has 0 unspecified atom stereocenters. The van der Waals surface area contributed by atoms with Crippen molar-refractivity contribution >= 4 is 21.6 Å². The fourth-order valence-electron chi connectivity index (χ4n) is 1.64. The lowest BCUT2D eigenvalue weighted by molar-refractivity contribution is 0.379. The van der Waals surface area contributed by atoms with Crippen LogP contribution in [0.3, 0.4) is 0 Å². The summed E-state index contributed by atoms with van der Waals surface area (Å²) in [5, 5.41) is 10.9. The fourth-order valence-corrected chi connectivity index (χ4v) is 2.09. The van der Waals surface area contributed by atoms with Crippen molar-refractivity contribution in [1.82, 2.24) is 19.9 Å². The summed E-state index contributed by atoms with van der Waals surface area (Å²) in [7, 11) is 0. The third kappa shape index (κ3) is 3.44. The van der Waals surface area contributed by atoms with Gasteiger partial charge in [-0.2, -0.15) is 10.1 Å². The van der Waals surface area contributed by atoms with E-state index >= 15 is 0 Å². The van der Waals surface area contributed by atoms with E-state index in [1.165, 1.54) is 4.68 Å². The average Bonchev–Trinajstić information content (AvgIpc) is 2.85. The van der Waals surface area contributed by atoms with Crippen molar-refractivity contribution < 1.29 is 4.52 Å². The zero-order valence-corrected chi connectivity index (χ0v) is 13.0. The minimum absolute atomic E-state index is 0.148. The highest BCUT2D eigenvalue weighted by Crippen LogP contribution is 2.17. The van der Waals surface area contributed by atoms with Gasteiger partial charge in [-0.25, -0.2) is 4.68 Å². The normalized spacial score (nSPS) is 10.8. The zero-order valence-electron chi connectivity index (χ0n) is 11.4. The Hall–Kier alpha value is -1.70. The summed E-state index contributed by atoms with van der Waals surface area (Å²) in [6.07, 6.45) is 3.56. The number of nitrogens with zero attached hydrogens (tertiary/aromatic N) is 4. The van der Waals surface area contributed by atoms with E-state index in [-0.39, 0.29) is 5.56 Å². The number of aromatic nitrogens is 4. The van der Waals surface area contributed by atoms with Gasteiger partial charge in [0, 0.05) is 6.54 Å². The number of anilines is 1. The number of halogens is 1. The number of unbranched alkanes of at least 4 members (excludes halogenated alkanes) is 1. The van der Waals surface area contributed by atoms with Crippen LogP contribution in [0.15, 0.2) is 20.0 Å². The first-order chi connectivity index (χ1) is 9.61. The summed E-state index contributed by atoms with van der Waals surface area (Å²) in [4.78, 5) is 16.1. The van der Waals surface area contributed by atoms with Gasteiger partial charge in [0.25, 0.3) is 5.56 Å². The molecule has 0 aliphatic rings. The van der Waals surface area contributed by atoms with Gasteiger partial charge in [-0.05, 0) is 29.3 Å². The van der Waals surface area contributed by atoms with E-state index in [0.717, 1.165) is 12.8 Å². The molecule has 2 aromatic rings. The molecule has 20 heavy (non-hydrogen) atoms. The fraction of sp³-hybridized carbons (Fsp3) is 0.500. The molecule has 0 saturated carbocycles. The topological polar surface area (TPSA) is 85.8 Å². The Labute approximate surface area is 124 Å². The molecule has 0 amide bonds. The Morgan fingerprint density at radius 3 is 2.95 bits per heavy atom. The standard InChI is InChI=1S/C12H16BrN5O2/c1-3-4-5-18-12(19)11(13)9(6-15-18)14-7-10-16-8(2)17-20-10/h6,14H,3-5,7H2,1-2H3. The van der Waals surface area contributed by atoms with Crippen LogP contribution in [0.1, 0.15) is 31.5 Å². The summed E-state index contributed by atoms with van der Waals surface area (Å²) in [5.74, 6) is 1.04. The predicted octanol–water partition coefficient (Wildman–Crippen LogP) is 2.11. The Morgan fingerprint density at radius 2 is 2.30 bits per heavy atom. The molecule has 0 aliphatic carbocycles. The molecule has 0 bridgehead atoms. The molecule has 2 heterocycles. The van der Waals surface area contributed by atoms with Gasteiger partial charge in [-0.15, -0.1) is 0 Å². The number of hydrogen-bond donors (Lipinski definition) is 1. The van der Waals surface area contributed by atoms with Gasteiger partial charge in [0.05, 0.1) is 18.4 Å². The minimum atomic E-state index is -0.148. The van der Waals surface area contributed by atoms with Crippen molar-refractivity contribution in [3.8, 4) is 0 Å². The van der Waals surface area contributed by atoms with Crippen molar-refractivity contribution in [2.75, 3.05) is 5.32 Å². The molecular weight excluding hydrogens is 326 g/mol. The van der Waals surface area contributed by atoms with E-state index in [9.17, 15) is 4.79 Å². The second-order valence-electron chi connectivity index (χ2n) is 4.34. The molecule has 0 spiro atoms. The van der Waals surface area contributed by atoms with Crippen LogP contribution in [0.4, 0.5) is 5.69 Å². The van der Waals surface area contributed by atoms with Crippen LogP contribution < -0.4 is 10.9 Å². The second-order valence-corrected chi connectivity index (χ2v) is 5.14. The molecule has 108 valence electrons. The highest BCUT2D eigenvalue weighted by Gasteiger charge is 2.10. The maximum absolute atomic E-state index is 12.1. The highest BCUT2D eigenvalue weighted by atomic mass is 79.9. The van der Waals surface area contributed by atoms with Crippen LogP contribution in [0.2, 0.25) is 0 Å². The number of hydrogen-bond acceptors (Lipinski definition) is 6. The largest absolute Gasteiger partial charge is 0.374 e. The molecule has 2 rings (SSSR count). The quantitative estimate of drug-likeness (QED) is 0.865. The Morgan fingerprint density at radius 1 is 1.50 bits per heavy atom. The average molecular weight is 342 g/mol. The lowest BCUT2D eigenvalue weighted by Crippen LogP contribution is -2.24. The van der Waals surface area contributed by atoms with E-state index in [1.807, 2.05) is 0 Å². The predicted molar refractivity (Wildman–Crippen MR) is 77.5 cm³/mol. The third-order valence-electron chi connectivity index (χ3n) is 2.71. The van der Waals surface area contributed by atoms with Gasteiger partial charge in [0.1, 0.15) is 4.47 Å². The first-order valence-corrected chi connectivity index (χ1v) is 7.19. The molecule has 7 nitrogen and oxygen atoms in total. The van der Waals surface area contributed by atoms with Crippen molar-refractivity contribution in [3.63, 3.8) is 0 Å². The maximum atomic E-state index is 12.1. The summed E-state index contributed by atoms with van der Waals surface area (Å²) in [6, 6.07) is 0. The van der Waals surface area contributed by atoms with Crippen LogP contribution in [0, 0.1) is 6.92 Å². The molecule has 0 aromatic carbocycles. The van der Waals surface area contributed by atoms with Gasteiger partial charge >= 0.3 is 0 Å². The summed E-state index contributed by atoms with van der Waals surface area (Å²) in [5.41, 5.74) is 0.462. The number of aryl methyl sites for hydroxylation is 2. The monoisotopic (exact) mass is 341 g/mol. The van der Waals surface area contributed by atoms with Gasteiger partial charge in [0.2, 0.25) is 5.89 Å². The van der Waals surface area contributed by atoms with Gasteiger partial charge in [-0.3, -0.25) is 4.79 Å². The van der Waals surface area contributed by atoms with Crippen LogP contribution in [0.25, 0.3) is 0 Å². The van der Waals surface area contributed by atoms with E-state index in [2.05, 4.69) is 43.4 Å². The molecule has 0 radical (unpaired) electrons. The lowest BCUT2D eigenvalue weighted by Gasteiger charge is -2.08. The first-order valence-electron chi connectivity index (χ1n) is 6.40. The molecule has 0 fully saturated rings. The lowest BCUT2D eigenvalue weighted by atomic mass is 10.3. The smallest absolute Gasteiger partial charge is 0.283 e. The summed E-state index contributed by atoms with van der Waals surface area (Å²) >= 11 is 3.30. The molecule has 0 aliphatic heterocycles. The van der Waals surface area contributed by atoms with Gasteiger partial charge in [-0.1, -0.05) is 18.5 Å². The summed E-state index contributed by atoms with van der Waals surface area (Å²) < 4.78 is 6.90. The second kappa shape index (κ2) is 6.65. The zero-order chi connectivity index (χ0) is 14.5. The van der Waals surface area contributed by atoms with Crippen LogP contribution >= 0.6 is 15.9 Å². The van der Waals surface area contributed by atoms with E-state index in [0.29, 0.717) is 35.0 Å². The molecular formula is C12H16BrN5O2. The van der Waals surface area contributed by atoms with Crippen molar-refractivity contribution in [3.05, 3.63) is 32.7 Å². The van der Waals surface area contributed by atoms with Crippen molar-refractivity contribution in [2.24, 2.45) is 0 Å². The minimum Gasteiger partial charge on any atom is -0.374 e. The number of nitrogens with one attached hydrogen (secondary N) is 1. The highest BCUT2D eigenvalue weighted by molar-refractivity contribution is 9.10. The Bertz CT molecular complexity index is 637. The number of rotatable bonds is 6. The first kappa shape index (κ1) is 14.7. The molecule has 1 N–H and O–H groups in total. The van der Waals surface area contributed by atoms with Gasteiger partial charge in [0.15, 0.2) is 5.82 Å². The molecule has 2 aromatic heterocycles. The molecule has 8 heteroatoms. The van der Waals surface area contributed by atoms with Crippen molar-refractivity contribution in [2.45, 2.75) is 39.8 Å². The van der Waals surface area contributed by atoms with E-state index in [1.54, 1.807) is 13.1 Å². The van der Waals surface area contributed by atoms with Crippen LogP contribution in [-0.4, -0.2) is 19.9 Å². The van der Waals surface area contributed by atoms with Crippen LogP contribution in [-0.2, 0) is 13.1 Å². The molecule has 0 atom stereocenters. The van der Waals surface area contributed by atoms with Crippen LogP contribution in [0.5, 0.6) is 0 Å². The van der Waals surface area contributed by atoms with Crippen molar-refractivity contribution in [1.29, 1.82) is 0 Å². The van der Waals surface area contributed by atoms with E-state index in [4.69, 9.17) is 4.52 Å². The molecule has 0 saturated heterocycles.